The van der Waals surface area contributed by atoms with E-state index in [1.165, 1.54) is 30.6 Å². The predicted molar refractivity (Wildman–Crippen MR) is 123 cm³/mol. The molecule has 1 saturated carbocycles. The number of benzene rings is 1. The monoisotopic (exact) mass is 436 g/mol. The van der Waals surface area contributed by atoms with Gasteiger partial charge in [-0.15, -0.1) is 21.6 Å². The predicted octanol–water partition coefficient (Wildman–Crippen LogP) is 6.19. The summed E-state index contributed by atoms with van der Waals surface area (Å²) in [5, 5.41) is 21.8. The van der Waals surface area contributed by atoms with E-state index in [9.17, 15) is 9.90 Å². The number of azo groups is 1. The average Bonchev–Trinajstić information content (AvgIpc) is 3.37. The fourth-order valence-electron chi connectivity index (χ4n) is 5.98. The van der Waals surface area contributed by atoms with Crippen molar-refractivity contribution in [3.05, 3.63) is 46.7 Å². The molecule has 1 saturated heterocycles. The smallest absolute Gasteiger partial charge is 0.305 e. The molecule has 162 valence electrons. The van der Waals surface area contributed by atoms with Gasteiger partial charge in [-0.05, 0) is 47.6 Å². The van der Waals surface area contributed by atoms with E-state index in [1.807, 2.05) is 40.3 Å². The topological polar surface area (TPSA) is 70.2 Å². The van der Waals surface area contributed by atoms with Crippen LogP contribution >= 0.6 is 11.3 Å². The third kappa shape index (κ3) is 3.70. The van der Waals surface area contributed by atoms with E-state index < -0.39 is 5.91 Å². The summed E-state index contributed by atoms with van der Waals surface area (Å²) >= 11 is 1.33. The molecule has 2 bridgehead atoms. The standard InChI is InChI=1S/C24H28N4O2S/c1-23(2)11-16-12-24(3,13-23)14-27(16)15-28-18-8-5-4-7-17(18)20(22(28)30)25-26-21(29)19-9-6-10-31-19/h4-10,16,30H,11-15H2,1-3H3. The van der Waals surface area contributed by atoms with Crippen LogP contribution in [0.15, 0.2) is 52.0 Å². The third-order valence-electron chi connectivity index (χ3n) is 6.74. The van der Waals surface area contributed by atoms with Crippen molar-refractivity contribution in [3.63, 3.8) is 0 Å². The Morgan fingerprint density at radius 3 is 2.77 bits per heavy atom. The van der Waals surface area contributed by atoms with E-state index in [0.717, 1.165) is 17.4 Å². The lowest BCUT2D eigenvalue weighted by Gasteiger charge is -2.40. The van der Waals surface area contributed by atoms with Gasteiger partial charge in [0.05, 0.1) is 17.1 Å². The van der Waals surface area contributed by atoms with Gasteiger partial charge >= 0.3 is 5.91 Å². The number of carbonyl (C=O) groups excluding carboxylic acids is 1. The second kappa shape index (κ2) is 7.28. The lowest BCUT2D eigenvalue weighted by molar-refractivity contribution is 0.0999. The van der Waals surface area contributed by atoms with Crippen molar-refractivity contribution in [2.24, 2.45) is 21.1 Å². The first-order valence-corrected chi connectivity index (χ1v) is 11.7. The zero-order valence-electron chi connectivity index (χ0n) is 18.2. The van der Waals surface area contributed by atoms with Crippen molar-refractivity contribution >= 4 is 33.8 Å². The maximum atomic E-state index is 12.3. The van der Waals surface area contributed by atoms with Gasteiger partial charge in [0.2, 0.25) is 5.88 Å². The number of amides is 1. The molecule has 3 aromatic rings. The van der Waals surface area contributed by atoms with Crippen LogP contribution in [0.25, 0.3) is 10.9 Å². The Labute approximate surface area is 186 Å². The number of aromatic hydroxyl groups is 1. The fourth-order valence-corrected chi connectivity index (χ4v) is 6.58. The highest BCUT2D eigenvalue weighted by Crippen LogP contribution is 2.53. The molecule has 2 unspecified atom stereocenters. The number of nitrogens with zero attached hydrogens (tertiary/aromatic N) is 4. The Hall–Kier alpha value is -2.51. The largest absolute Gasteiger partial charge is 0.493 e. The summed E-state index contributed by atoms with van der Waals surface area (Å²) in [6.07, 6.45) is 3.61. The summed E-state index contributed by atoms with van der Waals surface area (Å²) < 4.78 is 1.91. The molecule has 6 nitrogen and oxygen atoms in total. The van der Waals surface area contributed by atoms with Crippen LogP contribution in [0.4, 0.5) is 5.69 Å². The van der Waals surface area contributed by atoms with E-state index in [-0.39, 0.29) is 5.88 Å². The maximum absolute atomic E-state index is 12.3. The molecule has 1 aliphatic carbocycles. The van der Waals surface area contributed by atoms with E-state index in [4.69, 9.17) is 0 Å². The zero-order valence-corrected chi connectivity index (χ0v) is 19.0. The number of likely N-dealkylation sites (tertiary alicyclic amines) is 1. The van der Waals surface area contributed by atoms with Crippen LogP contribution < -0.4 is 0 Å². The lowest BCUT2D eigenvalue weighted by atomic mass is 9.65. The van der Waals surface area contributed by atoms with Crippen molar-refractivity contribution in [3.8, 4) is 5.88 Å². The molecule has 5 rings (SSSR count). The first kappa shape index (κ1) is 20.4. The number of aromatic nitrogens is 1. The molecule has 0 spiro atoms. The summed E-state index contributed by atoms with van der Waals surface area (Å²) in [4.78, 5) is 15.3. The molecule has 2 aromatic heterocycles. The summed E-state index contributed by atoms with van der Waals surface area (Å²) in [6, 6.07) is 11.8. The Kier molecular flexibility index (Phi) is 4.79. The van der Waals surface area contributed by atoms with Crippen LogP contribution in [0.5, 0.6) is 5.88 Å². The van der Waals surface area contributed by atoms with Gasteiger partial charge in [0.25, 0.3) is 0 Å². The highest BCUT2D eigenvalue weighted by molar-refractivity contribution is 7.12. The Balaban J connectivity index is 1.48. The Morgan fingerprint density at radius 1 is 1.19 bits per heavy atom. The number of para-hydroxylation sites is 1. The fraction of sp³-hybridized carbons (Fsp3) is 0.458. The quantitative estimate of drug-likeness (QED) is 0.496. The van der Waals surface area contributed by atoms with Gasteiger partial charge in [-0.3, -0.25) is 14.3 Å². The first-order valence-electron chi connectivity index (χ1n) is 10.8. The molecule has 2 atom stereocenters. The van der Waals surface area contributed by atoms with Gasteiger partial charge in [0, 0.05) is 18.0 Å². The second-order valence-corrected chi connectivity index (χ2v) is 11.1. The normalized spacial score (nSPS) is 25.6. The maximum Gasteiger partial charge on any atom is 0.305 e. The molecule has 1 aliphatic heterocycles. The molecule has 1 amide bonds. The average molecular weight is 437 g/mol. The number of thiophene rings is 1. The van der Waals surface area contributed by atoms with E-state index in [0.29, 0.717) is 34.1 Å². The van der Waals surface area contributed by atoms with Crippen LogP contribution in [-0.2, 0) is 6.67 Å². The number of rotatable bonds is 4. The van der Waals surface area contributed by atoms with E-state index in [1.54, 1.807) is 6.07 Å². The van der Waals surface area contributed by atoms with Crippen LogP contribution in [0.1, 0.15) is 49.7 Å². The number of carbonyl (C=O) groups is 1. The van der Waals surface area contributed by atoms with Gasteiger partial charge in [0.15, 0.2) is 5.69 Å². The Morgan fingerprint density at radius 2 is 2.00 bits per heavy atom. The summed E-state index contributed by atoms with van der Waals surface area (Å²) in [6.45, 7) is 8.77. The summed E-state index contributed by atoms with van der Waals surface area (Å²) in [7, 11) is 0. The SMILES string of the molecule is CC1(C)CC2CC(C)(CN2Cn2c(O)c(N=NC(=O)c3cccs3)c3ccccc32)C1. The van der Waals surface area contributed by atoms with E-state index >= 15 is 0 Å². The van der Waals surface area contributed by atoms with Crippen LogP contribution in [0.3, 0.4) is 0 Å². The van der Waals surface area contributed by atoms with Crippen LogP contribution in [-0.4, -0.2) is 33.1 Å². The van der Waals surface area contributed by atoms with Gasteiger partial charge in [-0.25, -0.2) is 0 Å². The number of fused-ring (bicyclic) bond motifs is 3. The molecule has 3 heterocycles. The lowest BCUT2D eigenvalue weighted by Crippen LogP contribution is -2.35. The van der Waals surface area contributed by atoms with Gasteiger partial charge in [-0.1, -0.05) is 45.0 Å². The van der Waals surface area contributed by atoms with Gasteiger partial charge in [0.1, 0.15) is 0 Å². The van der Waals surface area contributed by atoms with Crippen molar-refractivity contribution in [2.75, 3.05) is 6.54 Å². The van der Waals surface area contributed by atoms with E-state index in [2.05, 4.69) is 35.9 Å². The van der Waals surface area contributed by atoms with Crippen molar-refractivity contribution in [1.29, 1.82) is 0 Å². The second-order valence-electron chi connectivity index (χ2n) is 10.2. The minimum atomic E-state index is -0.394. The third-order valence-corrected chi connectivity index (χ3v) is 7.59. The van der Waals surface area contributed by atoms with Crippen molar-refractivity contribution in [2.45, 2.75) is 52.7 Å². The molecule has 31 heavy (non-hydrogen) atoms. The summed E-state index contributed by atoms with van der Waals surface area (Å²) in [5.74, 6) is -0.329. The van der Waals surface area contributed by atoms with Crippen LogP contribution in [0, 0.1) is 10.8 Å². The van der Waals surface area contributed by atoms with Gasteiger partial charge in [-0.2, -0.15) is 0 Å². The molecule has 2 aliphatic rings. The Bertz CT molecular complexity index is 1160. The molecule has 1 aromatic carbocycles. The molecular formula is C24H28N4O2S. The van der Waals surface area contributed by atoms with Crippen molar-refractivity contribution in [1.82, 2.24) is 9.47 Å². The molecule has 1 N–H and O–H groups in total. The summed E-state index contributed by atoms with van der Waals surface area (Å²) in [5.41, 5.74) is 1.92. The molecule has 2 fully saturated rings. The van der Waals surface area contributed by atoms with Crippen LogP contribution in [0.2, 0.25) is 0 Å². The first-order chi connectivity index (χ1) is 14.7. The molecule has 7 heteroatoms. The minimum Gasteiger partial charge on any atom is -0.493 e. The molecule has 0 radical (unpaired) electrons. The minimum absolute atomic E-state index is 0.0646. The highest BCUT2D eigenvalue weighted by Gasteiger charge is 2.49. The van der Waals surface area contributed by atoms with Gasteiger partial charge < -0.3 is 5.11 Å². The zero-order chi connectivity index (χ0) is 21.8. The van der Waals surface area contributed by atoms with Crippen molar-refractivity contribution < 1.29 is 9.90 Å². The number of hydrogen-bond donors (Lipinski definition) is 1. The highest BCUT2D eigenvalue weighted by atomic mass is 32.1. The molecular weight excluding hydrogens is 408 g/mol. The number of hydrogen-bond acceptors (Lipinski definition) is 5.